The normalized spacial score (nSPS) is 14.5. The van der Waals surface area contributed by atoms with Crippen LogP contribution in [0.15, 0.2) is 17.1 Å². The van der Waals surface area contributed by atoms with Crippen LogP contribution in [0.3, 0.4) is 0 Å². The monoisotopic (exact) mass is 161 g/mol. The molecule has 0 amide bonds. The minimum Gasteiger partial charge on any atom is -0.361 e. The number of nitrogens with one attached hydrogen (secondary N) is 1. The molecule has 0 spiro atoms. The molecule has 0 atom stereocenters. The number of hydrogen-bond donors (Lipinski definition) is 1. The Morgan fingerprint density at radius 2 is 2.17 bits per heavy atom. The Kier molecular flexibility index (Phi) is 1.43. The number of carbonyl (C=O) groups is 1. The van der Waals surface area contributed by atoms with Gasteiger partial charge in [-0.2, -0.15) is 0 Å². The molecule has 0 aromatic carbocycles. The largest absolute Gasteiger partial charge is 0.361 e. The van der Waals surface area contributed by atoms with Gasteiger partial charge in [-0.15, -0.1) is 0 Å². The van der Waals surface area contributed by atoms with Gasteiger partial charge in [-0.3, -0.25) is 9.59 Å². The highest BCUT2D eigenvalue weighted by molar-refractivity contribution is 6.08. The van der Waals surface area contributed by atoms with Gasteiger partial charge >= 0.3 is 0 Å². The lowest BCUT2D eigenvalue weighted by atomic mass is 10.1. The maximum atomic E-state index is 11.2. The van der Waals surface area contributed by atoms with Gasteiger partial charge in [-0.1, -0.05) is 6.08 Å². The fourth-order valence-electron chi connectivity index (χ4n) is 1.26. The third-order valence-corrected chi connectivity index (χ3v) is 1.84. The predicted molar refractivity (Wildman–Crippen MR) is 44.9 cm³/mol. The number of aromatic nitrogens is 1. The maximum Gasteiger partial charge on any atom is 0.189 e. The summed E-state index contributed by atoms with van der Waals surface area (Å²) >= 11 is 0. The van der Waals surface area contributed by atoms with Crippen LogP contribution in [-0.2, 0) is 4.79 Å². The summed E-state index contributed by atoms with van der Waals surface area (Å²) in [6.07, 6.45) is 5.01. The van der Waals surface area contributed by atoms with E-state index in [1.807, 2.05) is 0 Å². The van der Waals surface area contributed by atoms with Gasteiger partial charge in [0.05, 0.1) is 5.35 Å². The van der Waals surface area contributed by atoms with Crippen LogP contribution in [0.4, 0.5) is 0 Å². The zero-order chi connectivity index (χ0) is 8.55. The topological polar surface area (TPSA) is 49.9 Å². The zero-order valence-corrected chi connectivity index (χ0v) is 6.33. The second-order valence-corrected chi connectivity index (χ2v) is 2.69. The highest BCUT2D eigenvalue weighted by Gasteiger charge is 2.02. The van der Waals surface area contributed by atoms with E-state index in [1.54, 1.807) is 12.3 Å². The first-order valence-corrected chi connectivity index (χ1v) is 3.70. The van der Waals surface area contributed by atoms with Crippen molar-refractivity contribution in [3.63, 3.8) is 0 Å². The molecule has 1 aliphatic rings. The molecule has 1 heterocycles. The van der Waals surface area contributed by atoms with Gasteiger partial charge in [0.15, 0.2) is 11.2 Å². The average Bonchev–Trinajstić information content (AvgIpc) is 2.04. The number of ketones is 1. The molecule has 0 fully saturated rings. The van der Waals surface area contributed by atoms with E-state index >= 15 is 0 Å². The third-order valence-electron chi connectivity index (χ3n) is 1.84. The minimum absolute atomic E-state index is 0.0318. The molecule has 0 saturated heterocycles. The summed E-state index contributed by atoms with van der Waals surface area (Å²) in [4.78, 5) is 25.0. The Bertz CT molecular complexity index is 496. The Balaban J connectivity index is 2.97. The molecule has 1 aliphatic carbocycles. The van der Waals surface area contributed by atoms with Crippen molar-refractivity contribution < 1.29 is 4.79 Å². The molecular weight excluding hydrogens is 154 g/mol. The maximum absolute atomic E-state index is 11.2. The van der Waals surface area contributed by atoms with E-state index in [1.165, 1.54) is 12.1 Å². The van der Waals surface area contributed by atoms with E-state index < -0.39 is 0 Å². The molecule has 3 nitrogen and oxygen atoms in total. The van der Waals surface area contributed by atoms with Crippen molar-refractivity contribution in [3.05, 3.63) is 33.1 Å². The van der Waals surface area contributed by atoms with Crippen molar-refractivity contribution in [3.8, 4) is 0 Å². The van der Waals surface area contributed by atoms with Crippen LogP contribution in [0.1, 0.15) is 6.42 Å². The van der Waals surface area contributed by atoms with Crippen LogP contribution in [-0.4, -0.2) is 10.8 Å². The molecule has 1 aromatic rings. The van der Waals surface area contributed by atoms with Crippen LogP contribution in [0.5, 0.6) is 0 Å². The number of aromatic amines is 1. The van der Waals surface area contributed by atoms with Gasteiger partial charge in [0, 0.05) is 30.0 Å². The van der Waals surface area contributed by atoms with Gasteiger partial charge in [-0.25, -0.2) is 0 Å². The Labute approximate surface area is 68.0 Å². The second kappa shape index (κ2) is 2.44. The predicted octanol–water partition coefficient (Wildman–Crippen LogP) is -1.09. The summed E-state index contributed by atoms with van der Waals surface area (Å²) in [5, 5.41) is 1.23. The molecule has 1 aromatic heterocycles. The number of hydrogen-bond acceptors (Lipinski definition) is 2. The fourth-order valence-corrected chi connectivity index (χ4v) is 1.26. The Morgan fingerprint density at radius 1 is 1.33 bits per heavy atom. The molecule has 1 N–H and O–H groups in total. The number of carbonyl (C=O) groups excluding carboxylic acids is 1. The highest BCUT2D eigenvalue weighted by Crippen LogP contribution is 1.87. The molecule has 0 radical (unpaired) electrons. The highest BCUT2D eigenvalue weighted by atomic mass is 16.1. The molecule has 3 heteroatoms. The molecule has 0 bridgehead atoms. The van der Waals surface area contributed by atoms with Crippen molar-refractivity contribution in [2.24, 2.45) is 0 Å². The summed E-state index contributed by atoms with van der Waals surface area (Å²) in [5.74, 6) is 0.0318. The van der Waals surface area contributed by atoms with E-state index in [0.717, 1.165) is 0 Å². The Morgan fingerprint density at radius 3 is 3.00 bits per heavy atom. The van der Waals surface area contributed by atoms with E-state index in [0.29, 0.717) is 17.0 Å². The smallest absolute Gasteiger partial charge is 0.189 e. The number of rotatable bonds is 0. The van der Waals surface area contributed by atoms with Gasteiger partial charge in [0.1, 0.15) is 0 Å². The standard InChI is InChI=1S/C9H7NO2/c11-6-1-2-7-8(5-6)10-4-3-9(7)12/h2-5,10H,1H2. The zero-order valence-electron chi connectivity index (χ0n) is 6.33. The summed E-state index contributed by atoms with van der Waals surface area (Å²) in [5.41, 5.74) is -0.0347. The summed E-state index contributed by atoms with van der Waals surface area (Å²) in [6, 6.07) is 1.46. The Hall–Kier alpha value is -1.64. The first-order valence-electron chi connectivity index (χ1n) is 3.70. The molecule has 60 valence electrons. The molecule has 0 aliphatic heterocycles. The summed E-state index contributed by atoms with van der Waals surface area (Å²) in [6.45, 7) is 0. The number of pyridine rings is 1. The van der Waals surface area contributed by atoms with Crippen LogP contribution in [0, 0.1) is 0 Å². The second-order valence-electron chi connectivity index (χ2n) is 2.69. The fraction of sp³-hybridized carbons (Fsp3) is 0.111. The molecular formula is C9H7NO2. The van der Waals surface area contributed by atoms with Crippen LogP contribution in [0.25, 0.3) is 12.2 Å². The van der Waals surface area contributed by atoms with Gasteiger partial charge in [0.25, 0.3) is 0 Å². The molecule has 2 rings (SSSR count). The van der Waals surface area contributed by atoms with Crippen LogP contribution >= 0.6 is 0 Å². The number of H-pyrrole nitrogens is 1. The third kappa shape index (κ3) is 0.993. The van der Waals surface area contributed by atoms with Crippen LogP contribution in [0.2, 0.25) is 0 Å². The van der Waals surface area contributed by atoms with Crippen molar-refractivity contribution in [1.29, 1.82) is 0 Å². The van der Waals surface area contributed by atoms with E-state index in [4.69, 9.17) is 0 Å². The lowest BCUT2D eigenvalue weighted by Crippen LogP contribution is -2.42. The van der Waals surface area contributed by atoms with Crippen molar-refractivity contribution in [1.82, 2.24) is 4.98 Å². The van der Waals surface area contributed by atoms with Crippen LogP contribution < -0.4 is 16.0 Å². The van der Waals surface area contributed by atoms with E-state index in [9.17, 15) is 9.59 Å². The minimum atomic E-state index is -0.0347. The van der Waals surface area contributed by atoms with Gasteiger partial charge in [-0.05, 0) is 0 Å². The number of fused-ring (bicyclic) bond motifs is 1. The molecule has 0 unspecified atom stereocenters. The first kappa shape index (κ1) is 7.03. The van der Waals surface area contributed by atoms with E-state index in [-0.39, 0.29) is 11.2 Å². The van der Waals surface area contributed by atoms with Crippen molar-refractivity contribution >= 4 is 17.9 Å². The summed E-state index contributed by atoms with van der Waals surface area (Å²) < 4.78 is 0. The van der Waals surface area contributed by atoms with Crippen molar-refractivity contribution in [2.45, 2.75) is 6.42 Å². The first-order chi connectivity index (χ1) is 5.77. The lowest BCUT2D eigenvalue weighted by Gasteiger charge is -1.96. The SMILES string of the molecule is O=C1C=c2[nH]ccc(=O)c2=CC1. The quantitative estimate of drug-likeness (QED) is 0.525. The average molecular weight is 161 g/mol. The molecule has 12 heavy (non-hydrogen) atoms. The van der Waals surface area contributed by atoms with E-state index in [2.05, 4.69) is 4.98 Å². The van der Waals surface area contributed by atoms with Gasteiger partial charge in [0.2, 0.25) is 0 Å². The molecule has 0 saturated carbocycles. The van der Waals surface area contributed by atoms with Crippen molar-refractivity contribution in [2.75, 3.05) is 0 Å². The number of Topliss-reactive ketones (excluding diaryl/α,β-unsaturated/α-hetero) is 1. The van der Waals surface area contributed by atoms with Gasteiger partial charge < -0.3 is 4.98 Å². The summed E-state index contributed by atoms with van der Waals surface area (Å²) in [7, 11) is 0. The lowest BCUT2D eigenvalue weighted by molar-refractivity contribution is -0.112.